The molecule has 4 nitrogen and oxygen atoms in total. The van der Waals surface area contributed by atoms with Gasteiger partial charge in [0.05, 0.1) is 0 Å². The van der Waals surface area contributed by atoms with E-state index in [0.717, 1.165) is 50.6 Å². The molecule has 1 fully saturated rings. The number of carbonyl (C=O) groups excluding carboxylic acids is 1. The fourth-order valence-corrected chi connectivity index (χ4v) is 2.10. The Morgan fingerprint density at radius 2 is 2.06 bits per heavy atom. The highest BCUT2D eigenvalue weighted by atomic mass is 16.4. The summed E-state index contributed by atoms with van der Waals surface area (Å²) < 4.78 is 0. The SMILES string of the molecule is CCCCNC(=O)C1CCC(=CC(=O)O)CC1. The molecule has 1 aliphatic carbocycles. The summed E-state index contributed by atoms with van der Waals surface area (Å²) in [5.41, 5.74) is 0.954. The molecule has 17 heavy (non-hydrogen) atoms. The van der Waals surface area contributed by atoms with Gasteiger partial charge < -0.3 is 10.4 Å². The van der Waals surface area contributed by atoms with Crippen molar-refractivity contribution in [3.63, 3.8) is 0 Å². The van der Waals surface area contributed by atoms with Gasteiger partial charge in [0.15, 0.2) is 0 Å². The Morgan fingerprint density at radius 3 is 2.59 bits per heavy atom. The minimum absolute atomic E-state index is 0.0674. The number of hydrogen-bond acceptors (Lipinski definition) is 2. The van der Waals surface area contributed by atoms with Crippen LogP contribution in [0.25, 0.3) is 0 Å². The lowest BCUT2D eigenvalue weighted by atomic mass is 9.85. The van der Waals surface area contributed by atoms with E-state index >= 15 is 0 Å². The third-order valence-corrected chi connectivity index (χ3v) is 3.16. The van der Waals surface area contributed by atoms with Crippen LogP contribution in [0.5, 0.6) is 0 Å². The van der Waals surface area contributed by atoms with Gasteiger partial charge in [0.1, 0.15) is 0 Å². The molecular weight excluding hydrogens is 218 g/mol. The highest BCUT2D eigenvalue weighted by Gasteiger charge is 2.23. The highest BCUT2D eigenvalue weighted by molar-refractivity contribution is 5.81. The summed E-state index contributed by atoms with van der Waals surface area (Å²) in [4.78, 5) is 22.3. The lowest BCUT2D eigenvalue weighted by molar-refractivity contribution is -0.131. The van der Waals surface area contributed by atoms with Crippen LogP contribution >= 0.6 is 0 Å². The number of hydrogen-bond donors (Lipinski definition) is 2. The molecule has 96 valence electrons. The molecular formula is C13H21NO3. The topological polar surface area (TPSA) is 66.4 Å². The summed E-state index contributed by atoms with van der Waals surface area (Å²) in [5, 5.41) is 11.6. The van der Waals surface area contributed by atoms with Crippen molar-refractivity contribution >= 4 is 11.9 Å². The zero-order chi connectivity index (χ0) is 12.7. The van der Waals surface area contributed by atoms with E-state index in [1.807, 2.05) is 0 Å². The number of nitrogens with one attached hydrogen (secondary N) is 1. The summed E-state index contributed by atoms with van der Waals surface area (Å²) in [5.74, 6) is -0.684. The number of carboxylic acid groups (broad SMARTS) is 1. The first-order valence-electron chi connectivity index (χ1n) is 6.33. The van der Waals surface area contributed by atoms with Gasteiger partial charge in [0, 0.05) is 18.5 Å². The van der Waals surface area contributed by atoms with Crippen molar-refractivity contribution < 1.29 is 14.7 Å². The summed E-state index contributed by atoms with van der Waals surface area (Å²) in [7, 11) is 0. The number of allylic oxidation sites excluding steroid dienone is 1. The quantitative estimate of drug-likeness (QED) is 0.570. The van der Waals surface area contributed by atoms with Crippen molar-refractivity contribution in [2.45, 2.75) is 45.4 Å². The maximum absolute atomic E-state index is 11.8. The lowest BCUT2D eigenvalue weighted by Crippen LogP contribution is -2.32. The van der Waals surface area contributed by atoms with E-state index in [0.29, 0.717) is 0 Å². The van der Waals surface area contributed by atoms with E-state index < -0.39 is 5.97 Å². The van der Waals surface area contributed by atoms with Gasteiger partial charge in [-0.25, -0.2) is 4.79 Å². The number of carbonyl (C=O) groups is 2. The largest absolute Gasteiger partial charge is 0.478 e. The Morgan fingerprint density at radius 1 is 1.41 bits per heavy atom. The lowest BCUT2D eigenvalue weighted by Gasteiger charge is -2.22. The first kappa shape index (κ1) is 13.7. The molecule has 1 aliphatic rings. The average Bonchev–Trinajstić information content (AvgIpc) is 2.29. The minimum Gasteiger partial charge on any atom is -0.478 e. The number of unbranched alkanes of at least 4 members (excludes halogenated alkanes) is 1. The Labute approximate surface area is 102 Å². The van der Waals surface area contributed by atoms with Crippen LogP contribution < -0.4 is 5.32 Å². The van der Waals surface area contributed by atoms with E-state index in [-0.39, 0.29) is 11.8 Å². The van der Waals surface area contributed by atoms with Crippen LogP contribution in [0.15, 0.2) is 11.6 Å². The predicted octanol–water partition coefficient (Wildman–Crippen LogP) is 2.10. The standard InChI is InChI=1S/C13H21NO3/c1-2-3-8-14-13(17)11-6-4-10(5-7-11)9-12(15)16/h9,11H,2-8H2,1H3,(H,14,17)(H,15,16). The van der Waals surface area contributed by atoms with Crippen molar-refractivity contribution in [2.75, 3.05) is 6.54 Å². The molecule has 0 aromatic rings. The van der Waals surface area contributed by atoms with E-state index in [1.54, 1.807) is 0 Å². The first-order chi connectivity index (χ1) is 8.13. The van der Waals surface area contributed by atoms with Gasteiger partial charge in [-0.3, -0.25) is 4.79 Å². The van der Waals surface area contributed by atoms with Crippen LogP contribution in [0.1, 0.15) is 45.4 Å². The molecule has 0 bridgehead atoms. The third kappa shape index (κ3) is 5.02. The molecule has 0 atom stereocenters. The van der Waals surface area contributed by atoms with E-state index in [2.05, 4.69) is 12.2 Å². The predicted molar refractivity (Wildman–Crippen MR) is 65.6 cm³/mol. The smallest absolute Gasteiger partial charge is 0.328 e. The average molecular weight is 239 g/mol. The fourth-order valence-electron chi connectivity index (χ4n) is 2.10. The zero-order valence-corrected chi connectivity index (χ0v) is 10.4. The normalized spacial score (nSPS) is 19.8. The zero-order valence-electron chi connectivity index (χ0n) is 10.4. The van der Waals surface area contributed by atoms with E-state index in [9.17, 15) is 9.59 Å². The minimum atomic E-state index is -0.883. The van der Waals surface area contributed by atoms with Gasteiger partial charge in [-0.1, -0.05) is 18.9 Å². The first-order valence-corrected chi connectivity index (χ1v) is 6.33. The maximum atomic E-state index is 11.8. The van der Waals surface area contributed by atoms with Crippen molar-refractivity contribution in [1.82, 2.24) is 5.32 Å². The molecule has 0 heterocycles. The molecule has 0 saturated heterocycles. The second-order valence-corrected chi connectivity index (χ2v) is 4.56. The van der Waals surface area contributed by atoms with Crippen molar-refractivity contribution in [2.24, 2.45) is 5.92 Å². The second kappa shape index (κ2) is 7.09. The van der Waals surface area contributed by atoms with Gasteiger partial charge >= 0.3 is 5.97 Å². The molecule has 0 aliphatic heterocycles. The molecule has 0 spiro atoms. The number of aliphatic carboxylic acids is 1. The Kier molecular flexibility index (Phi) is 5.73. The van der Waals surface area contributed by atoms with Crippen molar-refractivity contribution in [1.29, 1.82) is 0 Å². The molecule has 4 heteroatoms. The molecule has 0 radical (unpaired) electrons. The Bertz CT molecular complexity index is 300. The molecule has 2 N–H and O–H groups in total. The molecule has 1 saturated carbocycles. The van der Waals surface area contributed by atoms with Crippen LogP contribution in [-0.4, -0.2) is 23.5 Å². The number of carboxylic acids is 1. The summed E-state index contributed by atoms with van der Waals surface area (Å²) in [6.45, 7) is 2.85. The van der Waals surface area contributed by atoms with Crippen molar-refractivity contribution in [3.05, 3.63) is 11.6 Å². The second-order valence-electron chi connectivity index (χ2n) is 4.56. The van der Waals surface area contributed by atoms with Crippen LogP contribution in [0.4, 0.5) is 0 Å². The summed E-state index contributed by atoms with van der Waals surface area (Å²) >= 11 is 0. The maximum Gasteiger partial charge on any atom is 0.328 e. The van der Waals surface area contributed by atoms with E-state index in [1.165, 1.54) is 6.08 Å². The van der Waals surface area contributed by atoms with E-state index in [4.69, 9.17) is 5.11 Å². The monoisotopic (exact) mass is 239 g/mol. The molecule has 0 aromatic carbocycles. The van der Waals surface area contributed by atoms with Gasteiger partial charge in [0.25, 0.3) is 0 Å². The number of amides is 1. The van der Waals surface area contributed by atoms with Gasteiger partial charge in [0.2, 0.25) is 5.91 Å². The van der Waals surface area contributed by atoms with Gasteiger partial charge in [-0.2, -0.15) is 0 Å². The van der Waals surface area contributed by atoms with Crippen molar-refractivity contribution in [3.8, 4) is 0 Å². The third-order valence-electron chi connectivity index (χ3n) is 3.16. The molecule has 0 aromatic heterocycles. The number of rotatable bonds is 5. The van der Waals surface area contributed by atoms with Gasteiger partial charge in [-0.15, -0.1) is 0 Å². The van der Waals surface area contributed by atoms with Crippen LogP contribution in [0, 0.1) is 5.92 Å². The van der Waals surface area contributed by atoms with Crippen LogP contribution in [-0.2, 0) is 9.59 Å². The fraction of sp³-hybridized carbons (Fsp3) is 0.692. The molecule has 1 rings (SSSR count). The van der Waals surface area contributed by atoms with Gasteiger partial charge in [-0.05, 0) is 32.1 Å². The Balaban J connectivity index is 2.31. The van der Waals surface area contributed by atoms with Crippen LogP contribution in [0.3, 0.4) is 0 Å². The highest BCUT2D eigenvalue weighted by Crippen LogP contribution is 2.28. The Hall–Kier alpha value is -1.32. The summed E-state index contributed by atoms with van der Waals surface area (Å²) in [6, 6.07) is 0. The van der Waals surface area contributed by atoms with Crippen LogP contribution in [0.2, 0.25) is 0 Å². The molecule has 1 amide bonds. The summed E-state index contributed by atoms with van der Waals surface area (Å²) in [6.07, 6.45) is 6.40. The molecule has 0 unspecified atom stereocenters.